The molecule has 0 N–H and O–H groups in total. The fraction of sp³-hybridized carbons (Fsp3) is 0.286. The van der Waals surface area contributed by atoms with Crippen molar-refractivity contribution >= 4 is 5.69 Å². The zero-order valence-electron chi connectivity index (χ0n) is 11.3. The first kappa shape index (κ1) is 14.2. The second-order valence-corrected chi connectivity index (χ2v) is 4.72. The Bertz CT molecular complexity index is 625. The lowest BCUT2D eigenvalue weighted by atomic mass is 10.1. The van der Waals surface area contributed by atoms with Crippen LogP contribution in [0.15, 0.2) is 34.9 Å². The summed E-state index contributed by atoms with van der Waals surface area (Å²) in [6.45, 7) is 3.05. The summed E-state index contributed by atoms with van der Waals surface area (Å²) in [4.78, 5) is 11.8. The van der Waals surface area contributed by atoms with Crippen LogP contribution in [0.5, 0.6) is 0 Å². The molecule has 0 aliphatic carbocycles. The van der Waals surface area contributed by atoms with Crippen LogP contribution in [0.4, 0.5) is 10.1 Å². The van der Waals surface area contributed by atoms with E-state index in [1.807, 2.05) is 24.9 Å². The maximum Gasteiger partial charge on any atom is 0.304 e. The second-order valence-electron chi connectivity index (χ2n) is 4.72. The molecule has 20 heavy (non-hydrogen) atoms. The van der Waals surface area contributed by atoms with Crippen LogP contribution in [-0.2, 0) is 13.1 Å². The van der Waals surface area contributed by atoms with E-state index in [2.05, 4.69) is 0 Å². The third-order valence-electron chi connectivity index (χ3n) is 3.07. The maximum absolute atomic E-state index is 13.5. The standard InChI is InChI=1S/C14H15FN2O3/c1-10-12(5-6-20-10)9-16(2)8-11-3-4-14(17(18)19)13(15)7-11/h3-7H,8-9H2,1-2H3. The number of rotatable bonds is 5. The van der Waals surface area contributed by atoms with Gasteiger partial charge in [0, 0.05) is 24.7 Å². The quantitative estimate of drug-likeness (QED) is 0.622. The van der Waals surface area contributed by atoms with E-state index in [0.29, 0.717) is 18.7 Å². The van der Waals surface area contributed by atoms with E-state index in [0.717, 1.165) is 11.3 Å². The van der Waals surface area contributed by atoms with Crippen LogP contribution >= 0.6 is 0 Å². The summed E-state index contributed by atoms with van der Waals surface area (Å²) >= 11 is 0. The molecule has 1 aromatic heterocycles. The minimum atomic E-state index is -0.805. The molecule has 0 radical (unpaired) electrons. The molecule has 0 bridgehead atoms. The highest BCUT2D eigenvalue weighted by Crippen LogP contribution is 2.19. The van der Waals surface area contributed by atoms with Gasteiger partial charge in [-0.25, -0.2) is 0 Å². The molecular weight excluding hydrogens is 263 g/mol. The number of hydrogen-bond donors (Lipinski definition) is 0. The van der Waals surface area contributed by atoms with Gasteiger partial charge in [-0.3, -0.25) is 15.0 Å². The Morgan fingerprint density at radius 2 is 2.10 bits per heavy atom. The number of hydrogen-bond acceptors (Lipinski definition) is 4. The van der Waals surface area contributed by atoms with Crippen molar-refractivity contribution in [1.29, 1.82) is 0 Å². The van der Waals surface area contributed by atoms with Gasteiger partial charge in [-0.2, -0.15) is 4.39 Å². The van der Waals surface area contributed by atoms with Gasteiger partial charge in [0.2, 0.25) is 5.82 Å². The molecule has 0 aliphatic rings. The monoisotopic (exact) mass is 278 g/mol. The van der Waals surface area contributed by atoms with E-state index in [1.54, 1.807) is 12.3 Å². The van der Waals surface area contributed by atoms with Gasteiger partial charge in [-0.1, -0.05) is 6.07 Å². The van der Waals surface area contributed by atoms with Crippen LogP contribution in [0.25, 0.3) is 0 Å². The molecule has 0 fully saturated rings. The molecule has 0 spiro atoms. The van der Waals surface area contributed by atoms with Gasteiger partial charge in [-0.05, 0) is 31.7 Å². The summed E-state index contributed by atoms with van der Waals surface area (Å²) in [5.41, 5.74) is 1.26. The smallest absolute Gasteiger partial charge is 0.304 e. The van der Waals surface area contributed by atoms with E-state index >= 15 is 0 Å². The average molecular weight is 278 g/mol. The van der Waals surface area contributed by atoms with Crippen LogP contribution in [-0.4, -0.2) is 16.9 Å². The number of aryl methyl sites for hydroxylation is 1. The summed E-state index contributed by atoms with van der Waals surface area (Å²) in [5, 5.41) is 10.5. The van der Waals surface area contributed by atoms with Gasteiger partial charge >= 0.3 is 5.69 Å². The number of halogens is 1. The summed E-state index contributed by atoms with van der Waals surface area (Å²) in [6.07, 6.45) is 1.63. The largest absolute Gasteiger partial charge is 0.469 e. The molecule has 1 aromatic carbocycles. The van der Waals surface area contributed by atoms with Crippen molar-refractivity contribution in [1.82, 2.24) is 4.90 Å². The Labute approximate surface area is 115 Å². The number of benzene rings is 1. The highest BCUT2D eigenvalue weighted by molar-refractivity contribution is 5.35. The van der Waals surface area contributed by atoms with Crippen molar-refractivity contribution in [2.45, 2.75) is 20.0 Å². The average Bonchev–Trinajstić information content (AvgIpc) is 2.74. The lowest BCUT2D eigenvalue weighted by molar-refractivity contribution is -0.387. The fourth-order valence-electron chi connectivity index (χ4n) is 2.03. The number of furan rings is 1. The second kappa shape index (κ2) is 5.83. The molecule has 0 aliphatic heterocycles. The fourth-order valence-corrected chi connectivity index (χ4v) is 2.03. The predicted molar refractivity (Wildman–Crippen MR) is 71.7 cm³/mol. The lowest BCUT2D eigenvalue weighted by Gasteiger charge is -2.16. The van der Waals surface area contributed by atoms with E-state index in [4.69, 9.17) is 4.42 Å². The lowest BCUT2D eigenvalue weighted by Crippen LogP contribution is -2.17. The molecule has 1 heterocycles. The van der Waals surface area contributed by atoms with Crippen LogP contribution in [0.1, 0.15) is 16.9 Å². The number of nitro benzene ring substituents is 1. The van der Waals surface area contributed by atoms with Gasteiger partial charge in [-0.15, -0.1) is 0 Å². The topological polar surface area (TPSA) is 59.5 Å². The van der Waals surface area contributed by atoms with E-state index in [1.165, 1.54) is 12.1 Å². The normalized spacial score (nSPS) is 11.0. The third kappa shape index (κ3) is 3.21. The third-order valence-corrected chi connectivity index (χ3v) is 3.07. The molecule has 2 rings (SSSR count). The van der Waals surface area contributed by atoms with Gasteiger partial charge in [0.1, 0.15) is 5.76 Å². The Kier molecular flexibility index (Phi) is 4.14. The van der Waals surface area contributed by atoms with Crippen LogP contribution in [0.2, 0.25) is 0 Å². The van der Waals surface area contributed by atoms with Crippen molar-refractivity contribution in [3.05, 3.63) is 63.3 Å². The maximum atomic E-state index is 13.5. The van der Waals surface area contributed by atoms with Crippen molar-refractivity contribution in [3.8, 4) is 0 Å². The first-order chi connectivity index (χ1) is 9.47. The molecule has 0 saturated heterocycles. The molecule has 2 aromatic rings. The van der Waals surface area contributed by atoms with Gasteiger partial charge < -0.3 is 4.42 Å². The first-order valence-corrected chi connectivity index (χ1v) is 6.11. The Hall–Kier alpha value is -2.21. The molecule has 5 nitrogen and oxygen atoms in total. The Morgan fingerprint density at radius 3 is 2.65 bits per heavy atom. The summed E-state index contributed by atoms with van der Waals surface area (Å²) in [7, 11) is 1.89. The minimum absolute atomic E-state index is 0.498. The van der Waals surface area contributed by atoms with Crippen LogP contribution in [0.3, 0.4) is 0 Å². The molecule has 6 heteroatoms. The summed E-state index contributed by atoms with van der Waals surface area (Å²) in [6, 6.07) is 5.86. The molecule has 0 unspecified atom stereocenters. The zero-order valence-corrected chi connectivity index (χ0v) is 11.3. The first-order valence-electron chi connectivity index (χ1n) is 6.11. The van der Waals surface area contributed by atoms with E-state index in [-0.39, 0.29) is 0 Å². The van der Waals surface area contributed by atoms with Crippen molar-refractivity contribution in [3.63, 3.8) is 0 Å². The summed E-state index contributed by atoms with van der Waals surface area (Å²) < 4.78 is 18.7. The van der Waals surface area contributed by atoms with Gasteiger partial charge in [0.25, 0.3) is 0 Å². The Morgan fingerprint density at radius 1 is 1.35 bits per heavy atom. The highest BCUT2D eigenvalue weighted by Gasteiger charge is 2.14. The zero-order chi connectivity index (χ0) is 14.7. The number of nitro groups is 1. The molecule has 0 saturated carbocycles. The highest BCUT2D eigenvalue weighted by atomic mass is 19.1. The Balaban J connectivity index is 2.05. The molecule has 0 amide bonds. The molecular formula is C14H15FN2O3. The van der Waals surface area contributed by atoms with Crippen LogP contribution < -0.4 is 0 Å². The van der Waals surface area contributed by atoms with E-state index in [9.17, 15) is 14.5 Å². The minimum Gasteiger partial charge on any atom is -0.469 e. The van der Waals surface area contributed by atoms with Crippen molar-refractivity contribution in [2.24, 2.45) is 0 Å². The molecule has 106 valence electrons. The SMILES string of the molecule is Cc1occc1CN(C)Cc1ccc([N+](=O)[O-])c(F)c1. The van der Waals surface area contributed by atoms with Gasteiger partial charge in [0.05, 0.1) is 11.2 Å². The van der Waals surface area contributed by atoms with E-state index < -0.39 is 16.4 Å². The van der Waals surface area contributed by atoms with Crippen molar-refractivity contribution in [2.75, 3.05) is 7.05 Å². The predicted octanol–water partition coefficient (Wildman–Crippen LogP) is 3.27. The van der Waals surface area contributed by atoms with Crippen LogP contribution in [0, 0.1) is 22.9 Å². The number of nitrogens with zero attached hydrogens (tertiary/aromatic N) is 2. The van der Waals surface area contributed by atoms with Crippen molar-refractivity contribution < 1.29 is 13.7 Å². The molecule has 0 atom stereocenters. The van der Waals surface area contributed by atoms with Gasteiger partial charge in [0.15, 0.2) is 0 Å². The summed E-state index contributed by atoms with van der Waals surface area (Å²) in [5.74, 6) is 0.0483.